The average molecular weight is 357 g/mol. The maximum atomic E-state index is 4.97. The zero-order valence-corrected chi connectivity index (χ0v) is 16.8. The monoisotopic (exact) mass is 356 g/mol. The molecule has 2 aliphatic rings. The Hall–Kier alpha value is -1.55. The maximum absolute atomic E-state index is 4.97. The maximum Gasteiger partial charge on any atom is 0.191 e. The number of rotatable bonds is 7. The first-order valence-corrected chi connectivity index (χ1v) is 10.4. The summed E-state index contributed by atoms with van der Waals surface area (Å²) < 4.78 is 0. The minimum atomic E-state index is 0.394. The highest BCUT2D eigenvalue weighted by atomic mass is 15.2. The normalized spacial score (nSPS) is 21.0. The summed E-state index contributed by atoms with van der Waals surface area (Å²) in [6.45, 7) is 11.0. The molecule has 26 heavy (non-hydrogen) atoms. The fraction of sp³-hybridized carbons (Fsp3) is 0.682. The van der Waals surface area contributed by atoms with Gasteiger partial charge in [0.25, 0.3) is 0 Å². The molecule has 1 aromatic rings. The van der Waals surface area contributed by atoms with Gasteiger partial charge in [-0.1, -0.05) is 30.3 Å². The Bertz CT molecular complexity index is 569. The van der Waals surface area contributed by atoms with Crippen molar-refractivity contribution in [1.82, 2.24) is 15.5 Å². The van der Waals surface area contributed by atoms with Crippen molar-refractivity contribution in [1.29, 1.82) is 0 Å². The molecule has 0 radical (unpaired) electrons. The van der Waals surface area contributed by atoms with Gasteiger partial charge in [0, 0.05) is 38.3 Å². The van der Waals surface area contributed by atoms with Gasteiger partial charge >= 0.3 is 0 Å². The highest BCUT2D eigenvalue weighted by molar-refractivity contribution is 5.80. The van der Waals surface area contributed by atoms with E-state index in [1.807, 2.05) is 0 Å². The van der Waals surface area contributed by atoms with Gasteiger partial charge in [0.2, 0.25) is 0 Å². The molecule has 1 saturated heterocycles. The third-order valence-electron chi connectivity index (χ3n) is 5.90. The van der Waals surface area contributed by atoms with Crippen molar-refractivity contribution in [3.63, 3.8) is 0 Å². The number of hydrogen-bond acceptors (Lipinski definition) is 2. The van der Waals surface area contributed by atoms with E-state index in [1.54, 1.807) is 0 Å². The summed E-state index contributed by atoms with van der Waals surface area (Å²) in [6.07, 6.45) is 6.17. The van der Waals surface area contributed by atoms with Crippen LogP contribution in [0.1, 0.15) is 52.0 Å². The lowest BCUT2D eigenvalue weighted by atomic mass is 9.97. The Morgan fingerprint density at radius 1 is 1.19 bits per heavy atom. The highest BCUT2D eigenvalue weighted by Gasteiger charge is 2.42. The summed E-state index contributed by atoms with van der Waals surface area (Å²) >= 11 is 0. The number of nitrogens with zero attached hydrogens (tertiary/aromatic N) is 2. The number of piperidine rings is 1. The van der Waals surface area contributed by atoms with Gasteiger partial charge in [0.15, 0.2) is 5.96 Å². The minimum Gasteiger partial charge on any atom is -0.357 e. The molecule has 1 saturated carbocycles. The molecule has 1 aromatic carbocycles. The molecule has 2 N–H and O–H groups in total. The number of aliphatic imine (C=N–C) groups is 1. The van der Waals surface area contributed by atoms with Crippen LogP contribution in [0, 0.1) is 5.41 Å². The molecule has 1 aliphatic carbocycles. The minimum absolute atomic E-state index is 0.394. The van der Waals surface area contributed by atoms with E-state index in [2.05, 4.69) is 66.6 Å². The smallest absolute Gasteiger partial charge is 0.191 e. The van der Waals surface area contributed by atoms with Gasteiger partial charge in [-0.05, 0) is 63.9 Å². The van der Waals surface area contributed by atoms with Crippen molar-refractivity contribution in [2.45, 2.75) is 65.0 Å². The Morgan fingerprint density at radius 2 is 1.88 bits per heavy atom. The van der Waals surface area contributed by atoms with Crippen LogP contribution in [0.15, 0.2) is 35.3 Å². The Labute approximate surface area is 159 Å². The van der Waals surface area contributed by atoms with Gasteiger partial charge in [-0.2, -0.15) is 0 Å². The summed E-state index contributed by atoms with van der Waals surface area (Å²) in [5.41, 5.74) is 1.84. The largest absolute Gasteiger partial charge is 0.357 e. The van der Waals surface area contributed by atoms with Crippen LogP contribution in [-0.2, 0) is 6.42 Å². The SMILES string of the molecule is CCNC(=NCC1(Cc2ccccc2)CC1)NC1CCN(C(C)C)CC1. The second kappa shape index (κ2) is 8.90. The summed E-state index contributed by atoms with van der Waals surface area (Å²) in [5, 5.41) is 7.15. The van der Waals surface area contributed by atoms with Crippen LogP contribution in [0.5, 0.6) is 0 Å². The molecule has 1 heterocycles. The molecule has 4 nitrogen and oxygen atoms in total. The number of nitrogens with one attached hydrogen (secondary N) is 2. The van der Waals surface area contributed by atoms with Gasteiger partial charge in [0.1, 0.15) is 0 Å². The van der Waals surface area contributed by atoms with Crippen molar-refractivity contribution in [3.05, 3.63) is 35.9 Å². The van der Waals surface area contributed by atoms with Gasteiger partial charge in [-0.25, -0.2) is 0 Å². The third-order valence-corrected chi connectivity index (χ3v) is 5.90. The number of likely N-dealkylation sites (tertiary alicyclic amines) is 1. The van der Waals surface area contributed by atoms with Crippen molar-refractivity contribution in [2.75, 3.05) is 26.2 Å². The molecule has 0 unspecified atom stereocenters. The average Bonchev–Trinajstić information content (AvgIpc) is 3.41. The van der Waals surface area contributed by atoms with Crippen LogP contribution in [0.25, 0.3) is 0 Å². The molecule has 2 fully saturated rings. The summed E-state index contributed by atoms with van der Waals surface area (Å²) in [7, 11) is 0. The van der Waals surface area contributed by atoms with Crippen molar-refractivity contribution < 1.29 is 0 Å². The molecular weight excluding hydrogens is 320 g/mol. The Kier molecular flexibility index (Phi) is 6.58. The van der Waals surface area contributed by atoms with Crippen LogP contribution in [-0.4, -0.2) is 49.1 Å². The molecule has 0 aromatic heterocycles. The quantitative estimate of drug-likeness (QED) is 0.581. The van der Waals surface area contributed by atoms with E-state index in [1.165, 1.54) is 44.3 Å². The van der Waals surface area contributed by atoms with E-state index in [4.69, 9.17) is 4.99 Å². The molecule has 4 heteroatoms. The molecule has 144 valence electrons. The first-order chi connectivity index (χ1) is 12.6. The first-order valence-electron chi connectivity index (χ1n) is 10.4. The van der Waals surface area contributed by atoms with E-state index in [0.29, 0.717) is 17.5 Å². The topological polar surface area (TPSA) is 39.7 Å². The predicted octanol–water partition coefficient (Wildman–Crippen LogP) is 3.44. The molecule has 0 bridgehead atoms. The molecule has 0 amide bonds. The van der Waals surface area contributed by atoms with E-state index < -0.39 is 0 Å². The van der Waals surface area contributed by atoms with Crippen molar-refractivity contribution >= 4 is 5.96 Å². The van der Waals surface area contributed by atoms with Crippen LogP contribution in [0.4, 0.5) is 0 Å². The molecule has 0 atom stereocenters. The number of benzene rings is 1. The number of guanidine groups is 1. The fourth-order valence-electron chi connectivity index (χ4n) is 3.92. The van der Waals surface area contributed by atoms with Crippen LogP contribution < -0.4 is 10.6 Å². The lowest BCUT2D eigenvalue weighted by Gasteiger charge is -2.35. The molecular formula is C22H36N4. The lowest BCUT2D eigenvalue weighted by Crippen LogP contribution is -2.50. The molecule has 3 rings (SSSR count). The van der Waals surface area contributed by atoms with Gasteiger partial charge in [-0.3, -0.25) is 4.99 Å². The number of hydrogen-bond donors (Lipinski definition) is 2. The third kappa shape index (κ3) is 5.47. The van der Waals surface area contributed by atoms with Crippen molar-refractivity contribution in [2.24, 2.45) is 10.4 Å². The molecule has 1 aliphatic heterocycles. The van der Waals surface area contributed by atoms with Gasteiger partial charge in [-0.15, -0.1) is 0 Å². The van der Waals surface area contributed by atoms with Crippen LogP contribution >= 0.6 is 0 Å². The van der Waals surface area contributed by atoms with E-state index in [0.717, 1.165) is 25.5 Å². The molecule has 0 spiro atoms. The van der Waals surface area contributed by atoms with Gasteiger partial charge in [0.05, 0.1) is 0 Å². The predicted molar refractivity (Wildman–Crippen MR) is 111 cm³/mol. The van der Waals surface area contributed by atoms with E-state index in [-0.39, 0.29) is 0 Å². The summed E-state index contributed by atoms with van der Waals surface area (Å²) in [5.74, 6) is 1.01. The standard InChI is InChI=1S/C22H36N4/c1-4-23-21(25-20-10-14-26(15-11-20)18(2)3)24-17-22(12-13-22)16-19-8-6-5-7-9-19/h5-9,18,20H,4,10-17H2,1-3H3,(H2,23,24,25). The Morgan fingerprint density at radius 3 is 2.46 bits per heavy atom. The second-order valence-electron chi connectivity index (χ2n) is 8.41. The van der Waals surface area contributed by atoms with Crippen LogP contribution in [0.2, 0.25) is 0 Å². The first kappa shape index (κ1) is 19.2. The fourth-order valence-corrected chi connectivity index (χ4v) is 3.92. The van der Waals surface area contributed by atoms with Crippen LogP contribution in [0.3, 0.4) is 0 Å². The van der Waals surface area contributed by atoms with Crippen molar-refractivity contribution in [3.8, 4) is 0 Å². The Balaban J connectivity index is 1.53. The summed E-state index contributed by atoms with van der Waals surface area (Å²) in [4.78, 5) is 7.54. The second-order valence-corrected chi connectivity index (χ2v) is 8.41. The zero-order valence-electron chi connectivity index (χ0n) is 16.8. The summed E-state index contributed by atoms with van der Waals surface area (Å²) in [6, 6.07) is 12.1. The van der Waals surface area contributed by atoms with E-state index in [9.17, 15) is 0 Å². The van der Waals surface area contributed by atoms with Gasteiger partial charge < -0.3 is 15.5 Å². The lowest BCUT2D eigenvalue weighted by molar-refractivity contribution is 0.167. The highest BCUT2D eigenvalue weighted by Crippen LogP contribution is 2.48. The zero-order chi connectivity index (χ0) is 18.4. The van der Waals surface area contributed by atoms with E-state index >= 15 is 0 Å².